The topological polar surface area (TPSA) is 70.7 Å². The molecular weight excluding hydrogens is 282 g/mol. The standard InChI is InChI=1S/C13H23N3O3.ClH/c17-12(16-7-2-1-3-8-16)4-5-15-13(18)11-10-19-9-6-14-11;/h11,14H,1-10H2,(H,15,18);1H. The average molecular weight is 306 g/mol. The smallest absolute Gasteiger partial charge is 0.239 e. The maximum Gasteiger partial charge on any atom is 0.239 e. The first-order valence-corrected chi connectivity index (χ1v) is 7.14. The molecule has 2 fully saturated rings. The van der Waals surface area contributed by atoms with Gasteiger partial charge in [-0.05, 0) is 19.3 Å². The molecule has 20 heavy (non-hydrogen) atoms. The van der Waals surface area contributed by atoms with Crippen molar-refractivity contribution in [2.75, 3.05) is 39.4 Å². The van der Waals surface area contributed by atoms with Crippen molar-refractivity contribution in [3.05, 3.63) is 0 Å². The van der Waals surface area contributed by atoms with Crippen molar-refractivity contribution in [2.24, 2.45) is 0 Å². The first-order chi connectivity index (χ1) is 9.27. The summed E-state index contributed by atoms with van der Waals surface area (Å²) in [6.45, 7) is 3.90. The molecule has 7 heteroatoms. The van der Waals surface area contributed by atoms with Gasteiger partial charge >= 0.3 is 0 Å². The lowest BCUT2D eigenvalue weighted by atomic mass is 10.1. The molecule has 0 aliphatic carbocycles. The Kier molecular flexibility index (Phi) is 7.87. The molecule has 2 aliphatic rings. The number of amides is 2. The second kappa shape index (κ2) is 9.15. The Balaban J connectivity index is 0.00000200. The van der Waals surface area contributed by atoms with Gasteiger partial charge in [-0.2, -0.15) is 0 Å². The summed E-state index contributed by atoms with van der Waals surface area (Å²) >= 11 is 0. The van der Waals surface area contributed by atoms with Crippen molar-refractivity contribution in [1.82, 2.24) is 15.5 Å². The number of hydrogen-bond donors (Lipinski definition) is 2. The Bertz CT molecular complexity index is 286. The number of morpholine rings is 1. The number of nitrogens with zero attached hydrogens (tertiary/aromatic N) is 1. The Morgan fingerprint density at radius 2 is 2.00 bits per heavy atom. The summed E-state index contributed by atoms with van der Waals surface area (Å²) in [4.78, 5) is 25.6. The summed E-state index contributed by atoms with van der Waals surface area (Å²) in [6, 6.07) is -0.279. The van der Waals surface area contributed by atoms with Gasteiger partial charge in [-0.1, -0.05) is 0 Å². The average Bonchev–Trinajstić information content (AvgIpc) is 2.49. The zero-order valence-corrected chi connectivity index (χ0v) is 12.5. The highest BCUT2D eigenvalue weighted by Gasteiger charge is 2.21. The fourth-order valence-electron chi connectivity index (χ4n) is 2.45. The molecule has 0 aromatic heterocycles. The van der Waals surface area contributed by atoms with Crippen LogP contribution in [-0.4, -0.2) is 62.1 Å². The first-order valence-electron chi connectivity index (χ1n) is 7.14. The lowest BCUT2D eigenvalue weighted by molar-refractivity contribution is -0.132. The van der Waals surface area contributed by atoms with Gasteiger partial charge in [0.2, 0.25) is 11.8 Å². The van der Waals surface area contributed by atoms with Crippen molar-refractivity contribution < 1.29 is 14.3 Å². The van der Waals surface area contributed by atoms with Crippen LogP contribution in [-0.2, 0) is 14.3 Å². The highest BCUT2D eigenvalue weighted by atomic mass is 35.5. The van der Waals surface area contributed by atoms with Gasteiger partial charge in [-0.15, -0.1) is 12.4 Å². The van der Waals surface area contributed by atoms with E-state index >= 15 is 0 Å². The second-order valence-corrected chi connectivity index (χ2v) is 5.06. The van der Waals surface area contributed by atoms with E-state index in [4.69, 9.17) is 4.74 Å². The van der Waals surface area contributed by atoms with E-state index in [-0.39, 0.29) is 30.3 Å². The molecule has 0 aromatic rings. The van der Waals surface area contributed by atoms with Crippen molar-refractivity contribution in [3.63, 3.8) is 0 Å². The third kappa shape index (κ3) is 5.26. The Hall–Kier alpha value is -0.850. The molecule has 2 N–H and O–H groups in total. The van der Waals surface area contributed by atoms with Crippen LogP contribution in [0.25, 0.3) is 0 Å². The zero-order valence-electron chi connectivity index (χ0n) is 11.7. The summed E-state index contributed by atoms with van der Waals surface area (Å²) in [7, 11) is 0. The number of ether oxygens (including phenoxy) is 1. The van der Waals surface area contributed by atoms with E-state index in [1.54, 1.807) is 0 Å². The van der Waals surface area contributed by atoms with Crippen molar-refractivity contribution in [3.8, 4) is 0 Å². The van der Waals surface area contributed by atoms with Crippen LogP contribution in [0.15, 0.2) is 0 Å². The number of halogens is 1. The minimum atomic E-state index is -0.279. The van der Waals surface area contributed by atoms with Crippen LogP contribution in [0.1, 0.15) is 25.7 Å². The van der Waals surface area contributed by atoms with Crippen LogP contribution in [0.2, 0.25) is 0 Å². The molecule has 116 valence electrons. The lowest BCUT2D eigenvalue weighted by Gasteiger charge is -2.27. The second-order valence-electron chi connectivity index (χ2n) is 5.06. The molecule has 0 saturated carbocycles. The van der Waals surface area contributed by atoms with Crippen molar-refractivity contribution in [1.29, 1.82) is 0 Å². The summed E-state index contributed by atoms with van der Waals surface area (Å²) in [5.74, 6) is 0.0685. The number of hydrogen-bond acceptors (Lipinski definition) is 4. The summed E-state index contributed by atoms with van der Waals surface area (Å²) < 4.78 is 5.23. The summed E-state index contributed by atoms with van der Waals surface area (Å²) in [5, 5.41) is 5.88. The Morgan fingerprint density at radius 1 is 1.25 bits per heavy atom. The zero-order chi connectivity index (χ0) is 13.5. The number of piperidine rings is 1. The van der Waals surface area contributed by atoms with Gasteiger partial charge in [0.1, 0.15) is 6.04 Å². The van der Waals surface area contributed by atoms with Crippen LogP contribution in [0.3, 0.4) is 0 Å². The van der Waals surface area contributed by atoms with Crippen LogP contribution in [0.5, 0.6) is 0 Å². The van der Waals surface area contributed by atoms with E-state index in [0.29, 0.717) is 32.7 Å². The number of carbonyl (C=O) groups is 2. The van der Waals surface area contributed by atoms with Gasteiger partial charge in [0, 0.05) is 32.6 Å². The molecule has 1 atom stereocenters. The van der Waals surface area contributed by atoms with E-state index in [0.717, 1.165) is 25.9 Å². The number of likely N-dealkylation sites (tertiary alicyclic amines) is 1. The molecule has 6 nitrogen and oxygen atoms in total. The van der Waals surface area contributed by atoms with Crippen LogP contribution < -0.4 is 10.6 Å². The van der Waals surface area contributed by atoms with Gasteiger partial charge in [0.15, 0.2) is 0 Å². The lowest BCUT2D eigenvalue weighted by Crippen LogP contribution is -2.51. The maximum absolute atomic E-state index is 11.9. The predicted molar refractivity (Wildman–Crippen MR) is 77.9 cm³/mol. The number of carbonyl (C=O) groups excluding carboxylic acids is 2. The van der Waals surface area contributed by atoms with Crippen LogP contribution >= 0.6 is 12.4 Å². The predicted octanol–water partition coefficient (Wildman–Crippen LogP) is -0.0846. The highest BCUT2D eigenvalue weighted by molar-refractivity contribution is 5.85. The minimum absolute atomic E-state index is 0. The first kappa shape index (κ1) is 17.2. The number of nitrogens with one attached hydrogen (secondary N) is 2. The number of rotatable bonds is 4. The van der Waals surface area contributed by atoms with Crippen LogP contribution in [0, 0.1) is 0 Å². The molecule has 0 bridgehead atoms. The van der Waals surface area contributed by atoms with Gasteiger partial charge in [-0.25, -0.2) is 0 Å². The van der Waals surface area contributed by atoms with E-state index in [2.05, 4.69) is 10.6 Å². The van der Waals surface area contributed by atoms with Gasteiger partial charge in [0.05, 0.1) is 13.2 Å². The molecule has 0 spiro atoms. The molecule has 1 unspecified atom stereocenters. The van der Waals surface area contributed by atoms with E-state index < -0.39 is 0 Å². The molecule has 2 amide bonds. The van der Waals surface area contributed by atoms with Crippen molar-refractivity contribution in [2.45, 2.75) is 31.7 Å². The van der Waals surface area contributed by atoms with Gasteiger partial charge in [-0.3, -0.25) is 9.59 Å². The largest absolute Gasteiger partial charge is 0.378 e. The molecule has 2 aliphatic heterocycles. The van der Waals surface area contributed by atoms with E-state index in [1.165, 1.54) is 6.42 Å². The van der Waals surface area contributed by atoms with Gasteiger partial charge in [0.25, 0.3) is 0 Å². The third-order valence-corrected chi connectivity index (χ3v) is 3.59. The molecule has 2 heterocycles. The highest BCUT2D eigenvalue weighted by Crippen LogP contribution is 2.09. The molecule has 2 rings (SSSR count). The summed E-state index contributed by atoms with van der Waals surface area (Å²) in [6.07, 6.45) is 3.80. The normalized spacial score (nSPS) is 22.8. The van der Waals surface area contributed by atoms with Crippen molar-refractivity contribution >= 4 is 24.2 Å². The molecule has 0 aromatic carbocycles. The summed E-state index contributed by atoms with van der Waals surface area (Å²) in [5.41, 5.74) is 0. The van der Waals surface area contributed by atoms with Gasteiger partial charge < -0.3 is 20.3 Å². The minimum Gasteiger partial charge on any atom is -0.378 e. The van der Waals surface area contributed by atoms with E-state index in [1.807, 2.05) is 4.90 Å². The fourth-order valence-corrected chi connectivity index (χ4v) is 2.45. The van der Waals surface area contributed by atoms with E-state index in [9.17, 15) is 9.59 Å². The SMILES string of the molecule is Cl.O=C(NCCC(=O)N1CCCCC1)C1COCCN1. The molecular formula is C13H24ClN3O3. The maximum atomic E-state index is 11.9. The molecule has 2 saturated heterocycles. The fraction of sp³-hybridized carbons (Fsp3) is 0.846. The molecule has 0 radical (unpaired) electrons. The quantitative estimate of drug-likeness (QED) is 0.762. The Morgan fingerprint density at radius 3 is 2.65 bits per heavy atom. The Labute approximate surface area is 126 Å². The third-order valence-electron chi connectivity index (χ3n) is 3.59. The van der Waals surface area contributed by atoms with Crippen LogP contribution in [0.4, 0.5) is 0 Å². The monoisotopic (exact) mass is 305 g/mol.